The Hall–Kier alpha value is -2.58. The molecule has 1 aliphatic heterocycles. The number of ether oxygens (including phenoxy) is 1. The molecule has 1 fully saturated rings. The van der Waals surface area contributed by atoms with Gasteiger partial charge < -0.3 is 10.1 Å². The summed E-state index contributed by atoms with van der Waals surface area (Å²) < 4.78 is 5.77. The highest BCUT2D eigenvalue weighted by molar-refractivity contribution is 5.59. The van der Waals surface area contributed by atoms with E-state index in [2.05, 4.69) is 34.0 Å². The first-order chi connectivity index (χ1) is 13.4. The number of morpholine rings is 1. The molecule has 28 heavy (non-hydrogen) atoms. The van der Waals surface area contributed by atoms with E-state index in [1.165, 1.54) is 12.1 Å². The number of nitro benzene ring substituents is 1. The van der Waals surface area contributed by atoms with Crippen molar-refractivity contribution in [2.75, 3.05) is 31.5 Å². The van der Waals surface area contributed by atoms with E-state index < -0.39 is 4.92 Å². The second-order valence-corrected chi connectivity index (χ2v) is 7.17. The summed E-state index contributed by atoms with van der Waals surface area (Å²) in [6.07, 6.45) is 1.29. The van der Waals surface area contributed by atoms with Gasteiger partial charge in [-0.25, -0.2) is 9.97 Å². The fourth-order valence-corrected chi connectivity index (χ4v) is 3.44. The molecule has 0 bridgehead atoms. The maximum Gasteiger partial charge on any atom is 0.269 e. The van der Waals surface area contributed by atoms with Crippen LogP contribution in [0.4, 0.5) is 11.5 Å². The number of rotatable bonds is 7. The van der Waals surface area contributed by atoms with E-state index in [0.29, 0.717) is 5.82 Å². The molecular formula is C20H27N5O3. The highest BCUT2D eigenvalue weighted by atomic mass is 16.6. The third-order valence-electron chi connectivity index (χ3n) is 4.71. The van der Waals surface area contributed by atoms with Gasteiger partial charge in [0.15, 0.2) is 5.82 Å². The lowest BCUT2D eigenvalue weighted by molar-refractivity contribution is -0.384. The van der Waals surface area contributed by atoms with E-state index in [1.54, 1.807) is 12.1 Å². The van der Waals surface area contributed by atoms with Crippen molar-refractivity contribution in [2.24, 2.45) is 0 Å². The van der Waals surface area contributed by atoms with Gasteiger partial charge in [0.2, 0.25) is 0 Å². The molecule has 0 aliphatic carbocycles. The number of benzene rings is 1. The molecule has 2 atom stereocenters. The van der Waals surface area contributed by atoms with Crippen LogP contribution in [0.1, 0.15) is 26.5 Å². The predicted octanol–water partition coefficient (Wildman–Crippen LogP) is 3.14. The molecule has 0 spiro atoms. The van der Waals surface area contributed by atoms with Crippen LogP contribution in [-0.2, 0) is 11.2 Å². The number of hydrogen-bond acceptors (Lipinski definition) is 7. The second-order valence-electron chi connectivity index (χ2n) is 7.17. The molecule has 0 radical (unpaired) electrons. The van der Waals surface area contributed by atoms with Gasteiger partial charge in [0.05, 0.1) is 17.1 Å². The van der Waals surface area contributed by atoms with Crippen LogP contribution in [0.5, 0.6) is 0 Å². The Balaban J connectivity index is 1.68. The lowest BCUT2D eigenvalue weighted by Crippen LogP contribution is -2.46. The van der Waals surface area contributed by atoms with E-state index in [-0.39, 0.29) is 17.9 Å². The smallest absolute Gasteiger partial charge is 0.269 e. The predicted molar refractivity (Wildman–Crippen MR) is 108 cm³/mol. The molecule has 2 aromatic rings. The first-order valence-electron chi connectivity index (χ1n) is 9.69. The first kappa shape index (κ1) is 20.2. The molecule has 1 aliphatic rings. The minimum atomic E-state index is -0.409. The topological polar surface area (TPSA) is 93.4 Å². The number of aromatic nitrogens is 2. The second kappa shape index (κ2) is 9.07. The van der Waals surface area contributed by atoms with Gasteiger partial charge in [-0.15, -0.1) is 0 Å². The molecule has 2 heterocycles. The van der Waals surface area contributed by atoms with Crippen LogP contribution in [0, 0.1) is 10.1 Å². The van der Waals surface area contributed by atoms with E-state index in [4.69, 9.17) is 4.74 Å². The summed E-state index contributed by atoms with van der Waals surface area (Å²) in [5.41, 5.74) is 1.75. The molecule has 2 unspecified atom stereocenters. The van der Waals surface area contributed by atoms with Gasteiger partial charge in [-0.05, 0) is 32.4 Å². The number of non-ortho nitro benzene ring substituents is 1. The van der Waals surface area contributed by atoms with E-state index in [0.717, 1.165) is 49.7 Å². The summed E-state index contributed by atoms with van der Waals surface area (Å²) in [6.45, 7) is 9.81. The van der Waals surface area contributed by atoms with Crippen molar-refractivity contribution in [3.05, 3.63) is 46.1 Å². The summed E-state index contributed by atoms with van der Waals surface area (Å²) in [5, 5.41) is 14.2. The maximum atomic E-state index is 10.8. The van der Waals surface area contributed by atoms with Gasteiger partial charge in [0.25, 0.3) is 5.69 Å². The Kier molecular flexibility index (Phi) is 6.53. The van der Waals surface area contributed by atoms with Crippen LogP contribution in [0.15, 0.2) is 30.3 Å². The van der Waals surface area contributed by atoms with Crippen molar-refractivity contribution in [1.82, 2.24) is 14.9 Å². The fraction of sp³-hybridized carbons (Fsp3) is 0.500. The first-order valence-corrected chi connectivity index (χ1v) is 9.69. The van der Waals surface area contributed by atoms with Crippen LogP contribution in [0.3, 0.4) is 0 Å². The highest BCUT2D eigenvalue weighted by Gasteiger charge is 2.21. The van der Waals surface area contributed by atoms with Crippen molar-refractivity contribution in [2.45, 2.75) is 39.4 Å². The van der Waals surface area contributed by atoms with E-state index in [9.17, 15) is 10.1 Å². The number of nitro groups is 1. The Morgan fingerprint density at radius 3 is 2.50 bits per heavy atom. The Bertz CT molecular complexity index is 802. The van der Waals surface area contributed by atoms with Gasteiger partial charge in [-0.2, -0.15) is 0 Å². The monoisotopic (exact) mass is 385 g/mol. The molecule has 0 saturated carbocycles. The summed E-state index contributed by atoms with van der Waals surface area (Å²) in [4.78, 5) is 22.0. The minimum Gasteiger partial charge on any atom is -0.373 e. The summed E-state index contributed by atoms with van der Waals surface area (Å²) in [5.74, 6) is 1.35. The van der Waals surface area contributed by atoms with Gasteiger partial charge >= 0.3 is 0 Å². The summed E-state index contributed by atoms with van der Waals surface area (Å²) >= 11 is 0. The number of nitrogens with one attached hydrogen (secondary N) is 1. The minimum absolute atomic E-state index is 0.0581. The highest BCUT2D eigenvalue weighted by Crippen LogP contribution is 2.21. The van der Waals surface area contributed by atoms with Crippen LogP contribution < -0.4 is 5.32 Å². The summed E-state index contributed by atoms with van der Waals surface area (Å²) in [7, 11) is 0. The van der Waals surface area contributed by atoms with Crippen molar-refractivity contribution in [3.63, 3.8) is 0 Å². The molecule has 1 aromatic carbocycles. The number of aryl methyl sites for hydroxylation is 1. The van der Waals surface area contributed by atoms with Crippen LogP contribution in [0.2, 0.25) is 0 Å². The van der Waals surface area contributed by atoms with Crippen LogP contribution in [-0.4, -0.2) is 58.2 Å². The standard InChI is InChI=1S/C20H27N5O3/c1-4-17-11-19(21-9-10-24-12-14(2)28-15(3)13-24)23-20(22-17)16-5-7-18(8-6-16)25(26)27/h5-8,11,14-15H,4,9-10,12-13H2,1-3H3,(H,21,22,23). The zero-order valence-corrected chi connectivity index (χ0v) is 16.6. The van der Waals surface area contributed by atoms with Gasteiger partial charge in [-0.3, -0.25) is 15.0 Å². The fourth-order valence-electron chi connectivity index (χ4n) is 3.44. The number of hydrogen-bond donors (Lipinski definition) is 1. The molecule has 3 rings (SSSR count). The number of nitrogens with zero attached hydrogens (tertiary/aromatic N) is 4. The van der Waals surface area contributed by atoms with Gasteiger partial charge in [-0.1, -0.05) is 6.92 Å². The molecule has 8 nitrogen and oxygen atoms in total. The average molecular weight is 385 g/mol. The lowest BCUT2D eigenvalue weighted by atomic mass is 10.2. The van der Waals surface area contributed by atoms with Crippen molar-refractivity contribution >= 4 is 11.5 Å². The maximum absolute atomic E-state index is 10.8. The molecule has 8 heteroatoms. The molecule has 1 saturated heterocycles. The molecule has 0 amide bonds. The average Bonchev–Trinajstić information content (AvgIpc) is 2.67. The van der Waals surface area contributed by atoms with E-state index in [1.807, 2.05) is 13.0 Å². The Labute approximate surface area is 165 Å². The zero-order chi connectivity index (χ0) is 20.1. The van der Waals surface area contributed by atoms with Crippen LogP contribution in [0.25, 0.3) is 11.4 Å². The van der Waals surface area contributed by atoms with Gasteiger partial charge in [0.1, 0.15) is 5.82 Å². The SMILES string of the molecule is CCc1cc(NCCN2CC(C)OC(C)C2)nc(-c2ccc([N+](=O)[O-])cc2)n1. The molecule has 150 valence electrons. The Morgan fingerprint density at radius 2 is 1.89 bits per heavy atom. The van der Waals surface area contributed by atoms with Crippen molar-refractivity contribution in [3.8, 4) is 11.4 Å². The normalized spacial score (nSPS) is 20.1. The molecule has 1 N–H and O–H groups in total. The van der Waals surface area contributed by atoms with E-state index >= 15 is 0 Å². The van der Waals surface area contributed by atoms with Crippen molar-refractivity contribution in [1.29, 1.82) is 0 Å². The van der Waals surface area contributed by atoms with Crippen molar-refractivity contribution < 1.29 is 9.66 Å². The summed E-state index contributed by atoms with van der Waals surface area (Å²) in [6, 6.07) is 8.29. The number of anilines is 1. The quantitative estimate of drug-likeness (QED) is 0.578. The largest absolute Gasteiger partial charge is 0.373 e. The van der Waals surface area contributed by atoms with Gasteiger partial charge in [0, 0.05) is 55.6 Å². The Morgan fingerprint density at radius 1 is 1.21 bits per heavy atom. The van der Waals surface area contributed by atoms with Crippen LogP contribution >= 0.6 is 0 Å². The lowest BCUT2D eigenvalue weighted by Gasteiger charge is -2.35. The molecule has 1 aromatic heterocycles. The third kappa shape index (κ3) is 5.24. The molecular weight excluding hydrogens is 358 g/mol. The third-order valence-corrected chi connectivity index (χ3v) is 4.71. The zero-order valence-electron chi connectivity index (χ0n) is 16.6.